The highest BCUT2D eigenvalue weighted by atomic mass is 79.9. The molecule has 3 nitrogen and oxygen atoms in total. The van der Waals surface area contributed by atoms with E-state index in [0.717, 1.165) is 45.5 Å². The Morgan fingerprint density at radius 2 is 2.10 bits per heavy atom. The molecule has 1 aliphatic rings. The van der Waals surface area contributed by atoms with Gasteiger partial charge in [0, 0.05) is 23.0 Å². The van der Waals surface area contributed by atoms with Crippen molar-refractivity contribution >= 4 is 44.3 Å². The molecule has 114 valence electrons. The molecule has 1 aliphatic heterocycles. The summed E-state index contributed by atoms with van der Waals surface area (Å²) in [5, 5.41) is 0. The maximum Gasteiger partial charge on any atom is 0.135 e. The molecule has 2 heterocycles. The van der Waals surface area contributed by atoms with Crippen LogP contribution in [-0.2, 0) is 6.54 Å². The van der Waals surface area contributed by atoms with Crippen molar-refractivity contribution in [2.45, 2.75) is 19.1 Å². The van der Waals surface area contributed by atoms with Gasteiger partial charge in [-0.25, -0.2) is 0 Å². The van der Waals surface area contributed by atoms with E-state index in [1.807, 2.05) is 24.3 Å². The molecule has 1 unspecified atom stereocenters. The van der Waals surface area contributed by atoms with Crippen LogP contribution in [0.4, 0.5) is 0 Å². The Labute approximate surface area is 147 Å². The number of ether oxygens (including phenoxy) is 1. The summed E-state index contributed by atoms with van der Waals surface area (Å²) in [5.41, 5.74) is 1.15. The van der Waals surface area contributed by atoms with E-state index in [4.69, 9.17) is 9.15 Å². The van der Waals surface area contributed by atoms with Crippen LogP contribution in [0.25, 0.3) is 0 Å². The van der Waals surface area contributed by atoms with E-state index >= 15 is 0 Å². The summed E-state index contributed by atoms with van der Waals surface area (Å²) in [6.07, 6.45) is 2.72. The quantitative estimate of drug-likeness (QED) is 0.647. The zero-order valence-corrected chi connectivity index (χ0v) is 15.5. The second kappa shape index (κ2) is 7.18. The number of benzene rings is 1. The van der Waals surface area contributed by atoms with Gasteiger partial charge in [-0.15, -0.1) is 12.4 Å². The average molecular weight is 438 g/mol. The highest BCUT2D eigenvalue weighted by Crippen LogP contribution is 2.37. The summed E-state index contributed by atoms with van der Waals surface area (Å²) >= 11 is 7.07. The topological polar surface area (TPSA) is 25.6 Å². The molecular weight excluding hydrogens is 421 g/mol. The second-order valence-electron chi connectivity index (χ2n) is 4.98. The first-order chi connectivity index (χ1) is 9.65. The molecule has 0 bridgehead atoms. The van der Waals surface area contributed by atoms with Crippen molar-refractivity contribution in [2.24, 2.45) is 0 Å². The molecule has 3 rings (SSSR count). The third-order valence-electron chi connectivity index (χ3n) is 3.50. The minimum absolute atomic E-state index is 0. The zero-order valence-electron chi connectivity index (χ0n) is 11.5. The van der Waals surface area contributed by atoms with Gasteiger partial charge in [0.15, 0.2) is 0 Å². The molecule has 0 aliphatic carbocycles. The van der Waals surface area contributed by atoms with Gasteiger partial charge in [-0.2, -0.15) is 0 Å². The maximum absolute atomic E-state index is 6.22. The Bertz CT molecular complexity index is 617. The van der Waals surface area contributed by atoms with Crippen molar-refractivity contribution in [3.8, 4) is 5.75 Å². The van der Waals surface area contributed by atoms with Crippen molar-refractivity contribution in [1.29, 1.82) is 0 Å². The minimum Gasteiger partial charge on any atom is -0.484 e. The fourth-order valence-corrected chi connectivity index (χ4v) is 3.14. The normalized spacial score (nSPS) is 18.5. The predicted molar refractivity (Wildman–Crippen MR) is 92.1 cm³/mol. The van der Waals surface area contributed by atoms with E-state index in [1.54, 1.807) is 6.26 Å². The summed E-state index contributed by atoms with van der Waals surface area (Å²) in [6, 6.07) is 7.96. The van der Waals surface area contributed by atoms with Gasteiger partial charge in [-0.05, 0) is 57.1 Å². The molecule has 0 radical (unpaired) electrons. The van der Waals surface area contributed by atoms with Gasteiger partial charge in [0.1, 0.15) is 17.6 Å². The third kappa shape index (κ3) is 3.65. The van der Waals surface area contributed by atoms with Crippen molar-refractivity contribution < 1.29 is 9.15 Å². The van der Waals surface area contributed by atoms with Crippen molar-refractivity contribution in [1.82, 2.24) is 4.90 Å². The molecule has 0 saturated heterocycles. The van der Waals surface area contributed by atoms with Crippen molar-refractivity contribution in [3.05, 3.63) is 50.8 Å². The summed E-state index contributed by atoms with van der Waals surface area (Å²) < 4.78 is 13.7. The van der Waals surface area contributed by atoms with E-state index in [1.165, 1.54) is 0 Å². The van der Waals surface area contributed by atoms with Crippen LogP contribution in [0.1, 0.15) is 23.8 Å². The second-order valence-corrected chi connectivity index (χ2v) is 6.63. The Hall–Kier alpha value is -0.490. The first-order valence-electron chi connectivity index (χ1n) is 6.50. The molecule has 1 aromatic carbocycles. The molecule has 21 heavy (non-hydrogen) atoms. The standard InChI is InChI=1S/C15H15Br2NO2.ClH/c1-18-7-5-12(10-6-8-19-14(10)9-18)20-13-4-2-3-11(16)15(13)17;/h2-4,6,8,12H,5,7,9H2,1H3;1H. The summed E-state index contributed by atoms with van der Waals surface area (Å²) in [7, 11) is 2.10. The van der Waals surface area contributed by atoms with Crippen LogP contribution in [0, 0.1) is 0 Å². The lowest BCUT2D eigenvalue weighted by Crippen LogP contribution is -2.18. The van der Waals surface area contributed by atoms with Gasteiger partial charge in [-0.1, -0.05) is 6.07 Å². The molecule has 0 spiro atoms. The lowest BCUT2D eigenvalue weighted by molar-refractivity contribution is 0.181. The number of hydrogen-bond donors (Lipinski definition) is 0. The van der Waals surface area contributed by atoms with E-state index in [-0.39, 0.29) is 18.5 Å². The van der Waals surface area contributed by atoms with Gasteiger partial charge >= 0.3 is 0 Å². The number of fused-ring (bicyclic) bond motifs is 1. The Kier molecular flexibility index (Phi) is 5.77. The Morgan fingerprint density at radius 3 is 2.90 bits per heavy atom. The van der Waals surface area contributed by atoms with E-state index < -0.39 is 0 Å². The van der Waals surface area contributed by atoms with Gasteiger partial charge < -0.3 is 9.15 Å². The number of hydrogen-bond acceptors (Lipinski definition) is 3. The molecule has 0 amide bonds. The van der Waals surface area contributed by atoms with Crippen LogP contribution in [-0.4, -0.2) is 18.5 Å². The lowest BCUT2D eigenvalue weighted by Gasteiger charge is -2.19. The molecule has 2 aromatic rings. The molecule has 1 aromatic heterocycles. The number of furan rings is 1. The zero-order chi connectivity index (χ0) is 14.1. The van der Waals surface area contributed by atoms with E-state index in [0.29, 0.717) is 0 Å². The first-order valence-corrected chi connectivity index (χ1v) is 8.09. The lowest BCUT2D eigenvalue weighted by atomic mass is 10.1. The largest absolute Gasteiger partial charge is 0.484 e. The van der Waals surface area contributed by atoms with Gasteiger partial charge in [0.2, 0.25) is 0 Å². The van der Waals surface area contributed by atoms with Crippen LogP contribution in [0.2, 0.25) is 0 Å². The summed E-state index contributed by atoms with van der Waals surface area (Å²) in [6.45, 7) is 1.82. The predicted octanol–water partition coefficient (Wildman–Crippen LogP) is 5.18. The number of halogens is 3. The molecule has 0 saturated carbocycles. The number of rotatable bonds is 2. The summed E-state index contributed by atoms with van der Waals surface area (Å²) in [4.78, 5) is 2.25. The average Bonchev–Trinajstić information content (AvgIpc) is 2.82. The van der Waals surface area contributed by atoms with Crippen LogP contribution >= 0.6 is 44.3 Å². The van der Waals surface area contributed by atoms with Gasteiger partial charge in [0.05, 0.1) is 17.3 Å². The van der Waals surface area contributed by atoms with E-state index in [9.17, 15) is 0 Å². The Morgan fingerprint density at radius 1 is 1.29 bits per heavy atom. The first kappa shape index (κ1) is 16.9. The monoisotopic (exact) mass is 435 g/mol. The van der Waals surface area contributed by atoms with Crippen LogP contribution in [0.15, 0.2) is 43.9 Å². The number of nitrogens with zero attached hydrogens (tertiary/aromatic N) is 1. The smallest absolute Gasteiger partial charge is 0.135 e. The van der Waals surface area contributed by atoms with Crippen molar-refractivity contribution in [3.63, 3.8) is 0 Å². The van der Waals surface area contributed by atoms with Gasteiger partial charge in [-0.3, -0.25) is 4.90 Å². The maximum atomic E-state index is 6.22. The molecular formula is C15H16Br2ClNO2. The highest BCUT2D eigenvalue weighted by Gasteiger charge is 2.25. The highest BCUT2D eigenvalue weighted by molar-refractivity contribution is 9.13. The van der Waals surface area contributed by atoms with Crippen LogP contribution in [0.3, 0.4) is 0 Å². The molecule has 6 heteroatoms. The molecule has 0 N–H and O–H groups in total. The van der Waals surface area contributed by atoms with Crippen LogP contribution < -0.4 is 4.74 Å². The Balaban J connectivity index is 0.00000161. The fraction of sp³-hybridized carbons (Fsp3) is 0.333. The molecule has 0 fully saturated rings. The van der Waals surface area contributed by atoms with Crippen molar-refractivity contribution in [2.75, 3.05) is 13.6 Å². The SMILES string of the molecule is CN1CCC(Oc2cccc(Br)c2Br)c2ccoc2C1.Cl. The third-order valence-corrected chi connectivity index (χ3v) is 5.51. The minimum atomic E-state index is 0. The van der Waals surface area contributed by atoms with E-state index in [2.05, 4.69) is 43.8 Å². The van der Waals surface area contributed by atoms with Crippen LogP contribution in [0.5, 0.6) is 5.75 Å². The fourth-order valence-electron chi connectivity index (χ4n) is 2.43. The van der Waals surface area contributed by atoms with Gasteiger partial charge in [0.25, 0.3) is 0 Å². The summed E-state index contributed by atoms with van der Waals surface area (Å²) in [5.74, 6) is 1.85. The molecule has 1 atom stereocenters.